The van der Waals surface area contributed by atoms with Gasteiger partial charge in [0.2, 0.25) is 0 Å². The van der Waals surface area contributed by atoms with Crippen LogP contribution in [0, 0.1) is 13.8 Å². The van der Waals surface area contributed by atoms with Crippen molar-refractivity contribution >= 4 is 17.3 Å². The molecule has 1 aromatic heterocycles. The van der Waals surface area contributed by atoms with Gasteiger partial charge >= 0.3 is 0 Å². The Hall–Kier alpha value is -1.14. The third kappa shape index (κ3) is 6.86. The molecule has 0 radical (unpaired) electrons. The zero-order valence-electron chi connectivity index (χ0n) is 12.7. The highest BCUT2D eigenvalue weighted by Crippen LogP contribution is 2.02. The van der Waals surface area contributed by atoms with Gasteiger partial charge in [-0.1, -0.05) is 0 Å². The molecule has 0 aromatic carbocycles. The summed E-state index contributed by atoms with van der Waals surface area (Å²) in [7, 11) is 0. The van der Waals surface area contributed by atoms with Crippen LogP contribution in [0.2, 0.25) is 0 Å². The lowest BCUT2D eigenvalue weighted by atomic mass is 10.4. The Balaban J connectivity index is 2.03. The topological polar surface area (TPSA) is 51.1 Å². The summed E-state index contributed by atoms with van der Waals surface area (Å²) < 4.78 is 7.30. The summed E-state index contributed by atoms with van der Waals surface area (Å²) in [5.74, 6) is 0. The highest BCUT2D eigenvalue weighted by atomic mass is 32.1. The predicted molar refractivity (Wildman–Crippen MR) is 86.0 cm³/mol. The molecule has 0 spiro atoms. The molecule has 20 heavy (non-hydrogen) atoms. The molecule has 0 aliphatic carbocycles. The molecule has 1 aromatic rings. The number of hydrogen-bond acceptors (Lipinski definition) is 3. The highest BCUT2D eigenvalue weighted by molar-refractivity contribution is 7.80. The molecule has 5 nitrogen and oxygen atoms in total. The minimum Gasteiger partial charge on any atom is -0.382 e. The molecule has 0 saturated heterocycles. The smallest absolute Gasteiger partial charge is 0.166 e. The second-order valence-electron chi connectivity index (χ2n) is 4.74. The van der Waals surface area contributed by atoms with Crippen LogP contribution >= 0.6 is 12.2 Å². The van der Waals surface area contributed by atoms with Crippen LogP contribution in [0.25, 0.3) is 0 Å². The first-order chi connectivity index (χ1) is 9.63. The van der Waals surface area contributed by atoms with Crippen molar-refractivity contribution in [2.45, 2.75) is 40.2 Å². The fraction of sp³-hybridized carbons (Fsp3) is 0.714. The van der Waals surface area contributed by atoms with Gasteiger partial charge < -0.3 is 15.4 Å². The minimum absolute atomic E-state index is 0.717. The van der Waals surface area contributed by atoms with Crippen LogP contribution < -0.4 is 10.6 Å². The Bertz CT molecular complexity index is 406. The summed E-state index contributed by atoms with van der Waals surface area (Å²) in [6.07, 6.45) is 1.98. The fourth-order valence-electron chi connectivity index (χ4n) is 1.92. The third-order valence-corrected chi connectivity index (χ3v) is 3.18. The lowest BCUT2D eigenvalue weighted by Crippen LogP contribution is -2.36. The van der Waals surface area contributed by atoms with Crippen LogP contribution in [0.15, 0.2) is 6.07 Å². The Kier molecular flexibility index (Phi) is 8.22. The molecule has 0 unspecified atom stereocenters. The summed E-state index contributed by atoms with van der Waals surface area (Å²) >= 11 is 5.21. The minimum atomic E-state index is 0.717. The molecule has 0 saturated carbocycles. The van der Waals surface area contributed by atoms with E-state index >= 15 is 0 Å². The van der Waals surface area contributed by atoms with Gasteiger partial charge in [-0.2, -0.15) is 5.10 Å². The molecule has 0 aliphatic heterocycles. The number of thiocarbonyl (C=S) groups is 1. The van der Waals surface area contributed by atoms with E-state index in [0.29, 0.717) is 0 Å². The van der Waals surface area contributed by atoms with Gasteiger partial charge in [0.15, 0.2) is 5.11 Å². The van der Waals surface area contributed by atoms with E-state index in [2.05, 4.69) is 28.7 Å². The monoisotopic (exact) mass is 298 g/mol. The SMILES string of the molecule is CCOCCCNC(=S)NCCCn1nc(C)cc1C. The second-order valence-corrected chi connectivity index (χ2v) is 5.15. The lowest BCUT2D eigenvalue weighted by Gasteiger charge is -2.10. The van der Waals surface area contributed by atoms with Gasteiger partial charge in [0, 0.05) is 38.5 Å². The van der Waals surface area contributed by atoms with Gasteiger partial charge in [-0.3, -0.25) is 4.68 Å². The molecule has 0 aliphatic rings. The van der Waals surface area contributed by atoms with Crippen LogP contribution in [-0.2, 0) is 11.3 Å². The van der Waals surface area contributed by atoms with E-state index in [1.54, 1.807) is 0 Å². The van der Waals surface area contributed by atoms with E-state index in [1.807, 2.05) is 18.5 Å². The maximum Gasteiger partial charge on any atom is 0.166 e. The largest absolute Gasteiger partial charge is 0.382 e. The number of rotatable bonds is 9. The van der Waals surface area contributed by atoms with Crippen molar-refractivity contribution in [3.8, 4) is 0 Å². The first kappa shape index (κ1) is 16.9. The Labute approximate surface area is 127 Å². The molecular formula is C14H26N4OS. The summed E-state index contributed by atoms with van der Waals surface area (Å²) in [5, 5.41) is 11.5. The van der Waals surface area contributed by atoms with Gasteiger partial charge in [-0.05, 0) is 51.9 Å². The first-order valence-corrected chi connectivity index (χ1v) is 7.64. The standard InChI is InChI=1S/C14H26N4OS/c1-4-19-10-6-8-16-14(20)15-7-5-9-18-13(3)11-12(2)17-18/h11H,4-10H2,1-3H3,(H2,15,16,20). The number of aryl methyl sites for hydroxylation is 3. The van der Waals surface area contributed by atoms with Gasteiger partial charge in [0.25, 0.3) is 0 Å². The highest BCUT2D eigenvalue weighted by Gasteiger charge is 2.00. The van der Waals surface area contributed by atoms with E-state index in [9.17, 15) is 0 Å². The van der Waals surface area contributed by atoms with E-state index in [4.69, 9.17) is 17.0 Å². The molecule has 0 bridgehead atoms. The van der Waals surface area contributed by atoms with Crippen LogP contribution in [0.5, 0.6) is 0 Å². The maximum atomic E-state index is 5.26. The lowest BCUT2D eigenvalue weighted by molar-refractivity contribution is 0.145. The van der Waals surface area contributed by atoms with Crippen LogP contribution in [-0.4, -0.2) is 41.2 Å². The number of hydrogen-bond donors (Lipinski definition) is 2. The molecule has 6 heteroatoms. The average Bonchev–Trinajstić information content (AvgIpc) is 2.73. The van der Waals surface area contributed by atoms with Gasteiger partial charge in [-0.15, -0.1) is 0 Å². The Morgan fingerprint density at radius 2 is 2.00 bits per heavy atom. The van der Waals surface area contributed by atoms with Gasteiger partial charge in [-0.25, -0.2) is 0 Å². The third-order valence-electron chi connectivity index (χ3n) is 2.89. The zero-order valence-corrected chi connectivity index (χ0v) is 13.6. The van der Waals surface area contributed by atoms with E-state index in [-0.39, 0.29) is 0 Å². The van der Waals surface area contributed by atoms with E-state index in [1.165, 1.54) is 5.69 Å². The fourth-order valence-corrected chi connectivity index (χ4v) is 2.12. The summed E-state index contributed by atoms with van der Waals surface area (Å²) in [5.41, 5.74) is 2.28. The maximum absolute atomic E-state index is 5.26. The predicted octanol–water partition coefficient (Wildman–Crippen LogP) is 1.78. The van der Waals surface area contributed by atoms with Crippen molar-refractivity contribution in [3.63, 3.8) is 0 Å². The number of nitrogens with one attached hydrogen (secondary N) is 2. The van der Waals surface area contributed by atoms with Crippen molar-refractivity contribution in [2.75, 3.05) is 26.3 Å². The molecule has 114 valence electrons. The van der Waals surface area contributed by atoms with Crippen LogP contribution in [0.3, 0.4) is 0 Å². The molecular weight excluding hydrogens is 272 g/mol. The molecule has 0 atom stereocenters. The summed E-state index contributed by atoms with van der Waals surface area (Å²) in [4.78, 5) is 0. The quantitative estimate of drug-likeness (QED) is 0.538. The summed E-state index contributed by atoms with van der Waals surface area (Å²) in [6.45, 7) is 10.3. The summed E-state index contributed by atoms with van der Waals surface area (Å²) in [6, 6.07) is 2.10. The van der Waals surface area contributed by atoms with Crippen molar-refractivity contribution in [1.82, 2.24) is 20.4 Å². The molecule has 2 N–H and O–H groups in total. The van der Waals surface area contributed by atoms with E-state index < -0.39 is 0 Å². The van der Waals surface area contributed by atoms with Crippen molar-refractivity contribution < 1.29 is 4.74 Å². The number of nitrogens with zero attached hydrogens (tertiary/aromatic N) is 2. The normalized spacial score (nSPS) is 10.6. The van der Waals surface area contributed by atoms with E-state index in [0.717, 1.165) is 56.5 Å². The second kappa shape index (κ2) is 9.72. The number of ether oxygens (including phenoxy) is 1. The van der Waals surface area contributed by atoms with Crippen molar-refractivity contribution in [2.24, 2.45) is 0 Å². The molecule has 0 fully saturated rings. The Morgan fingerprint density at radius 1 is 1.30 bits per heavy atom. The zero-order chi connectivity index (χ0) is 14.8. The van der Waals surface area contributed by atoms with Crippen molar-refractivity contribution in [1.29, 1.82) is 0 Å². The van der Waals surface area contributed by atoms with Gasteiger partial charge in [0.1, 0.15) is 0 Å². The first-order valence-electron chi connectivity index (χ1n) is 7.24. The van der Waals surface area contributed by atoms with Crippen molar-refractivity contribution in [3.05, 3.63) is 17.5 Å². The average molecular weight is 298 g/mol. The van der Waals surface area contributed by atoms with Gasteiger partial charge in [0.05, 0.1) is 5.69 Å². The van der Waals surface area contributed by atoms with Crippen LogP contribution in [0.1, 0.15) is 31.2 Å². The van der Waals surface area contributed by atoms with Crippen LogP contribution in [0.4, 0.5) is 0 Å². The molecule has 1 heterocycles. The Morgan fingerprint density at radius 3 is 2.60 bits per heavy atom. The number of aromatic nitrogens is 2. The molecule has 0 amide bonds. The molecule has 1 rings (SSSR count).